The van der Waals surface area contributed by atoms with E-state index in [-0.39, 0.29) is 5.91 Å². The first-order valence-corrected chi connectivity index (χ1v) is 7.12. The zero-order valence-electron chi connectivity index (χ0n) is 12.4. The topological polar surface area (TPSA) is 46.3 Å². The van der Waals surface area contributed by atoms with E-state index in [0.717, 1.165) is 30.5 Å². The molecule has 0 heterocycles. The van der Waals surface area contributed by atoms with Gasteiger partial charge in [0.15, 0.2) is 0 Å². The molecule has 0 aliphatic carbocycles. The lowest BCUT2D eigenvalue weighted by Gasteiger charge is -2.21. The quantitative estimate of drug-likeness (QED) is 0.820. The molecule has 19 heavy (non-hydrogen) atoms. The molecular formula is C16H26N2O. The summed E-state index contributed by atoms with van der Waals surface area (Å²) in [6.07, 6.45) is 3.64. The van der Waals surface area contributed by atoms with Crippen molar-refractivity contribution in [1.82, 2.24) is 0 Å². The Labute approximate surface area is 116 Å². The molecule has 1 aromatic carbocycles. The fourth-order valence-corrected chi connectivity index (χ4v) is 2.36. The fraction of sp³-hybridized carbons (Fsp3) is 0.562. The van der Waals surface area contributed by atoms with Crippen molar-refractivity contribution < 1.29 is 4.79 Å². The molecule has 0 bridgehead atoms. The van der Waals surface area contributed by atoms with E-state index in [1.165, 1.54) is 0 Å². The highest BCUT2D eigenvalue weighted by Crippen LogP contribution is 2.21. The maximum Gasteiger partial charge on any atom is 0.226 e. The van der Waals surface area contributed by atoms with Crippen molar-refractivity contribution in [1.29, 1.82) is 0 Å². The summed E-state index contributed by atoms with van der Waals surface area (Å²) in [7, 11) is 1.86. The van der Waals surface area contributed by atoms with E-state index in [9.17, 15) is 4.79 Å². The Morgan fingerprint density at radius 3 is 2.58 bits per heavy atom. The van der Waals surface area contributed by atoms with Crippen molar-refractivity contribution >= 4 is 11.6 Å². The maximum absolute atomic E-state index is 12.2. The predicted octanol–water partition coefficient (Wildman–Crippen LogP) is 3.11. The summed E-state index contributed by atoms with van der Waals surface area (Å²) in [5.74, 6) is 0.754. The van der Waals surface area contributed by atoms with E-state index >= 15 is 0 Å². The molecule has 0 aliphatic heterocycles. The van der Waals surface area contributed by atoms with Gasteiger partial charge in [-0.15, -0.1) is 0 Å². The van der Waals surface area contributed by atoms with Crippen molar-refractivity contribution in [2.75, 3.05) is 18.5 Å². The number of anilines is 1. The van der Waals surface area contributed by atoms with Gasteiger partial charge in [-0.05, 0) is 43.9 Å². The summed E-state index contributed by atoms with van der Waals surface area (Å²) < 4.78 is 0. The number of amides is 1. The molecule has 0 saturated carbocycles. The summed E-state index contributed by atoms with van der Waals surface area (Å²) in [5.41, 5.74) is 7.72. The number of para-hydroxylation sites is 1. The molecule has 1 aromatic rings. The molecule has 1 rings (SSSR count). The number of benzene rings is 1. The van der Waals surface area contributed by atoms with E-state index in [1.807, 2.05) is 38.2 Å². The third kappa shape index (κ3) is 4.67. The smallest absolute Gasteiger partial charge is 0.226 e. The number of aryl methyl sites for hydroxylation is 1. The molecule has 1 amide bonds. The van der Waals surface area contributed by atoms with Crippen molar-refractivity contribution in [3.05, 3.63) is 29.8 Å². The summed E-state index contributed by atoms with van der Waals surface area (Å²) in [4.78, 5) is 14.0. The van der Waals surface area contributed by atoms with Crippen LogP contribution >= 0.6 is 0 Å². The SMILES string of the molecule is CCC(CCN)CCC(=O)N(C)c1ccccc1C. The van der Waals surface area contributed by atoms with Crippen LogP contribution in [0.2, 0.25) is 0 Å². The van der Waals surface area contributed by atoms with Crippen molar-refractivity contribution in [2.24, 2.45) is 11.7 Å². The van der Waals surface area contributed by atoms with Gasteiger partial charge in [0.05, 0.1) is 0 Å². The second-order valence-electron chi connectivity index (χ2n) is 5.13. The van der Waals surface area contributed by atoms with Crippen LogP contribution in [0.4, 0.5) is 5.69 Å². The van der Waals surface area contributed by atoms with Gasteiger partial charge in [-0.2, -0.15) is 0 Å². The Hall–Kier alpha value is -1.35. The zero-order chi connectivity index (χ0) is 14.3. The largest absolute Gasteiger partial charge is 0.330 e. The number of nitrogens with zero attached hydrogens (tertiary/aromatic N) is 1. The first-order chi connectivity index (χ1) is 9.10. The molecule has 106 valence electrons. The van der Waals surface area contributed by atoms with Crippen molar-refractivity contribution in [3.8, 4) is 0 Å². The highest BCUT2D eigenvalue weighted by molar-refractivity contribution is 5.93. The second-order valence-corrected chi connectivity index (χ2v) is 5.13. The van der Waals surface area contributed by atoms with Crippen LogP contribution in [0.15, 0.2) is 24.3 Å². The third-order valence-electron chi connectivity index (χ3n) is 3.77. The number of carbonyl (C=O) groups is 1. The predicted molar refractivity (Wildman–Crippen MR) is 81.3 cm³/mol. The Kier molecular flexibility index (Phi) is 6.57. The summed E-state index contributed by atoms with van der Waals surface area (Å²) in [6.45, 7) is 4.90. The van der Waals surface area contributed by atoms with E-state index < -0.39 is 0 Å². The Morgan fingerprint density at radius 2 is 2.00 bits per heavy atom. The van der Waals surface area contributed by atoms with Crippen molar-refractivity contribution in [3.63, 3.8) is 0 Å². The number of nitrogens with two attached hydrogens (primary N) is 1. The van der Waals surface area contributed by atoms with Crippen LogP contribution in [0.5, 0.6) is 0 Å². The first-order valence-electron chi connectivity index (χ1n) is 7.12. The van der Waals surface area contributed by atoms with Gasteiger partial charge in [-0.1, -0.05) is 31.5 Å². The number of hydrogen-bond acceptors (Lipinski definition) is 2. The van der Waals surface area contributed by atoms with Crippen LogP contribution in [0.25, 0.3) is 0 Å². The van der Waals surface area contributed by atoms with Gasteiger partial charge in [0.1, 0.15) is 0 Å². The first kappa shape index (κ1) is 15.7. The number of hydrogen-bond donors (Lipinski definition) is 1. The lowest BCUT2D eigenvalue weighted by Crippen LogP contribution is -2.27. The molecule has 0 aliphatic rings. The van der Waals surface area contributed by atoms with Gasteiger partial charge in [-0.3, -0.25) is 4.79 Å². The third-order valence-corrected chi connectivity index (χ3v) is 3.77. The molecule has 0 aromatic heterocycles. The summed E-state index contributed by atoms with van der Waals surface area (Å²) in [6, 6.07) is 7.98. The van der Waals surface area contributed by atoms with Gasteiger partial charge >= 0.3 is 0 Å². The van der Waals surface area contributed by atoms with Gasteiger partial charge < -0.3 is 10.6 Å². The zero-order valence-corrected chi connectivity index (χ0v) is 12.4. The van der Waals surface area contributed by atoms with Crippen LogP contribution < -0.4 is 10.6 Å². The van der Waals surface area contributed by atoms with E-state index in [1.54, 1.807) is 4.90 Å². The molecule has 0 radical (unpaired) electrons. The molecule has 3 nitrogen and oxygen atoms in total. The molecule has 0 fully saturated rings. The average molecular weight is 262 g/mol. The lowest BCUT2D eigenvalue weighted by molar-refractivity contribution is -0.118. The monoisotopic (exact) mass is 262 g/mol. The lowest BCUT2D eigenvalue weighted by atomic mass is 9.96. The van der Waals surface area contributed by atoms with Crippen molar-refractivity contribution in [2.45, 2.75) is 39.5 Å². The van der Waals surface area contributed by atoms with Crippen LogP contribution in [-0.2, 0) is 4.79 Å². The van der Waals surface area contributed by atoms with Crippen LogP contribution in [-0.4, -0.2) is 19.5 Å². The minimum atomic E-state index is 0.185. The molecule has 2 N–H and O–H groups in total. The van der Waals surface area contributed by atoms with Gasteiger partial charge in [-0.25, -0.2) is 0 Å². The standard InChI is InChI=1S/C16H26N2O/c1-4-14(11-12-17)9-10-16(19)18(3)15-8-6-5-7-13(15)2/h5-8,14H,4,9-12,17H2,1-3H3. The summed E-state index contributed by atoms with van der Waals surface area (Å²) in [5, 5.41) is 0. The van der Waals surface area contributed by atoms with Crippen LogP contribution in [0.1, 0.15) is 38.2 Å². The van der Waals surface area contributed by atoms with Crippen LogP contribution in [0, 0.1) is 12.8 Å². The van der Waals surface area contributed by atoms with E-state index in [4.69, 9.17) is 5.73 Å². The number of rotatable bonds is 7. The molecule has 1 unspecified atom stereocenters. The molecular weight excluding hydrogens is 236 g/mol. The van der Waals surface area contributed by atoms with Gasteiger partial charge in [0.2, 0.25) is 5.91 Å². The Bertz CT molecular complexity index is 403. The minimum absolute atomic E-state index is 0.185. The average Bonchev–Trinajstić information content (AvgIpc) is 2.42. The minimum Gasteiger partial charge on any atom is -0.330 e. The van der Waals surface area contributed by atoms with E-state index in [0.29, 0.717) is 18.9 Å². The number of carbonyl (C=O) groups excluding carboxylic acids is 1. The Balaban J connectivity index is 2.56. The molecule has 0 spiro atoms. The normalized spacial score (nSPS) is 12.2. The van der Waals surface area contributed by atoms with Crippen LogP contribution in [0.3, 0.4) is 0 Å². The second kappa shape index (κ2) is 7.95. The molecule has 0 saturated heterocycles. The van der Waals surface area contributed by atoms with Gasteiger partial charge in [0, 0.05) is 19.2 Å². The molecule has 3 heteroatoms. The fourth-order valence-electron chi connectivity index (χ4n) is 2.36. The summed E-state index contributed by atoms with van der Waals surface area (Å²) >= 11 is 0. The highest BCUT2D eigenvalue weighted by atomic mass is 16.2. The highest BCUT2D eigenvalue weighted by Gasteiger charge is 2.14. The maximum atomic E-state index is 12.2. The van der Waals surface area contributed by atoms with E-state index in [2.05, 4.69) is 6.92 Å². The molecule has 1 atom stereocenters. The van der Waals surface area contributed by atoms with Gasteiger partial charge in [0.25, 0.3) is 0 Å². The Morgan fingerprint density at radius 1 is 1.32 bits per heavy atom.